The molecule has 0 aliphatic carbocycles. The van der Waals surface area contributed by atoms with Gasteiger partial charge in [0.25, 0.3) is 0 Å². The third kappa shape index (κ3) is 18.3. The largest absolute Gasteiger partial charge is 2.00 e. The summed E-state index contributed by atoms with van der Waals surface area (Å²) in [4.78, 5) is 13.5. The van der Waals surface area contributed by atoms with Crippen molar-refractivity contribution in [3.63, 3.8) is 0 Å². The molecule has 1 aliphatic heterocycles. The minimum atomic E-state index is -0.906. The van der Waals surface area contributed by atoms with Gasteiger partial charge in [-0.05, 0) is 28.8 Å². The van der Waals surface area contributed by atoms with Crippen molar-refractivity contribution in [2.45, 2.75) is 83.5 Å². The molecule has 4 aromatic rings. The fourth-order valence-corrected chi connectivity index (χ4v) is 5.76. The molecule has 0 amide bonds. The van der Waals surface area contributed by atoms with Gasteiger partial charge in [-0.2, -0.15) is 18.1 Å². The summed E-state index contributed by atoms with van der Waals surface area (Å²) >= 11 is 0. The summed E-state index contributed by atoms with van der Waals surface area (Å²) in [5.41, 5.74) is 3.35. The second-order valence-corrected chi connectivity index (χ2v) is 12.9. The second kappa shape index (κ2) is 29.8. The van der Waals surface area contributed by atoms with Crippen LogP contribution in [0.4, 0.5) is 0 Å². The monoisotopic (exact) mass is 813 g/mol. The van der Waals surface area contributed by atoms with Crippen LogP contribution in [0.2, 0.25) is 0 Å². The Hall–Kier alpha value is -3.48. The minimum Gasteiger partial charge on any atom is -0.453 e. The van der Waals surface area contributed by atoms with Gasteiger partial charge in [-0.1, -0.05) is 123 Å². The SMILES string of the molecule is N#CCCOPOC[C@@H]1O[C@H](COCc2ccccc2)[C@@H](OCc2ccccc2)[C@H](OCc2ccccc2)[C@H]1OC(=O)c1ccccc1.[CH2-]CC.[CH2-]CC.[Ni+2]. The van der Waals surface area contributed by atoms with Crippen molar-refractivity contribution >= 4 is 15.0 Å². The maximum Gasteiger partial charge on any atom is 2.00 e. The van der Waals surface area contributed by atoms with E-state index in [4.69, 9.17) is 38.0 Å². The van der Waals surface area contributed by atoms with E-state index in [1.165, 1.54) is 0 Å². The Labute approximate surface area is 339 Å². The number of esters is 1. The molecule has 298 valence electrons. The molecule has 0 N–H and O–H groups in total. The van der Waals surface area contributed by atoms with Crippen molar-refractivity contribution in [1.82, 2.24) is 0 Å². The molecule has 0 bridgehead atoms. The van der Waals surface area contributed by atoms with Gasteiger partial charge in [0.15, 0.2) is 15.1 Å². The fraction of sp³-hybridized carbons (Fsp3) is 0.364. The minimum absolute atomic E-state index is 0. The van der Waals surface area contributed by atoms with E-state index in [1.54, 1.807) is 24.3 Å². The van der Waals surface area contributed by atoms with E-state index in [0.717, 1.165) is 29.5 Å². The topological polar surface area (TPSA) is 105 Å². The molecule has 0 spiro atoms. The van der Waals surface area contributed by atoms with Crippen molar-refractivity contribution in [2.75, 3.05) is 19.8 Å². The molecule has 6 atom stereocenters. The second-order valence-electron chi connectivity index (χ2n) is 12.1. The maximum absolute atomic E-state index is 13.5. The summed E-state index contributed by atoms with van der Waals surface area (Å²) in [6, 6.07) is 40.4. The van der Waals surface area contributed by atoms with Gasteiger partial charge >= 0.3 is 22.5 Å². The molecule has 55 heavy (non-hydrogen) atoms. The molecule has 0 aromatic heterocycles. The Morgan fingerprint density at radius 3 is 1.64 bits per heavy atom. The predicted octanol–water partition coefficient (Wildman–Crippen LogP) is 9.28. The zero-order chi connectivity index (χ0) is 38.6. The Kier molecular flexibility index (Phi) is 25.8. The summed E-state index contributed by atoms with van der Waals surface area (Å²) < 4.78 is 43.7. The normalized spacial score (nSPS) is 18.8. The van der Waals surface area contributed by atoms with E-state index in [-0.39, 0.29) is 65.0 Å². The van der Waals surface area contributed by atoms with Crippen molar-refractivity contribution in [2.24, 2.45) is 0 Å². The summed E-state index contributed by atoms with van der Waals surface area (Å²) in [5, 5.41) is 8.84. The van der Waals surface area contributed by atoms with E-state index in [9.17, 15) is 4.79 Å². The number of hydrogen-bond acceptors (Lipinski definition) is 9. The Morgan fingerprint density at radius 2 is 1.13 bits per heavy atom. The number of nitriles is 1. The van der Waals surface area contributed by atoms with Gasteiger partial charge in [0.2, 0.25) is 0 Å². The predicted molar refractivity (Wildman–Crippen MR) is 212 cm³/mol. The molecule has 1 unspecified atom stereocenters. The number of rotatable bonds is 18. The molecule has 4 aromatic carbocycles. The third-order valence-corrected chi connectivity index (χ3v) is 8.23. The first-order chi connectivity index (χ1) is 26.5. The molecule has 9 nitrogen and oxygen atoms in total. The molecule has 1 fully saturated rings. The molecular weight excluding hydrogens is 760 g/mol. The van der Waals surface area contributed by atoms with Crippen LogP contribution in [0.5, 0.6) is 0 Å². The van der Waals surface area contributed by atoms with Gasteiger partial charge in [-0.25, -0.2) is 4.79 Å². The van der Waals surface area contributed by atoms with Gasteiger partial charge in [0.1, 0.15) is 24.4 Å². The van der Waals surface area contributed by atoms with Gasteiger partial charge < -0.3 is 46.6 Å². The van der Waals surface area contributed by atoms with Crippen LogP contribution in [0.15, 0.2) is 121 Å². The number of carbonyl (C=O) groups excluding carboxylic acids is 1. The maximum atomic E-state index is 13.5. The van der Waals surface area contributed by atoms with E-state index >= 15 is 0 Å². The summed E-state index contributed by atoms with van der Waals surface area (Å²) in [5.74, 6) is -0.518. The summed E-state index contributed by atoms with van der Waals surface area (Å²) in [6.45, 7) is 12.4. The van der Waals surface area contributed by atoms with Crippen LogP contribution in [0.25, 0.3) is 0 Å². The fourth-order valence-electron chi connectivity index (χ4n) is 5.26. The van der Waals surface area contributed by atoms with Crippen LogP contribution < -0.4 is 0 Å². The average Bonchev–Trinajstić information content (AvgIpc) is 3.21. The molecule has 0 radical (unpaired) electrons. The van der Waals surface area contributed by atoms with Crippen molar-refractivity contribution in [1.29, 1.82) is 5.26 Å². The van der Waals surface area contributed by atoms with Crippen molar-refractivity contribution < 1.29 is 54.0 Å². The van der Waals surface area contributed by atoms with Crippen LogP contribution >= 0.6 is 9.03 Å². The van der Waals surface area contributed by atoms with E-state index in [0.29, 0.717) is 12.2 Å². The quantitative estimate of drug-likeness (QED) is 0.0320. The molecule has 5 rings (SSSR count). The molecule has 1 saturated heterocycles. The van der Waals surface area contributed by atoms with Crippen LogP contribution in [-0.2, 0) is 69.0 Å². The van der Waals surface area contributed by atoms with Crippen molar-refractivity contribution in [3.05, 3.63) is 157 Å². The third-order valence-electron chi connectivity index (χ3n) is 7.63. The van der Waals surface area contributed by atoms with Gasteiger partial charge in [0, 0.05) is 0 Å². The smallest absolute Gasteiger partial charge is 0.453 e. The van der Waals surface area contributed by atoms with Crippen LogP contribution in [0, 0.1) is 25.2 Å². The molecular formula is C44H54NNiO8P. The molecule has 0 saturated carbocycles. The molecule has 1 aliphatic rings. The van der Waals surface area contributed by atoms with Gasteiger partial charge in [0.05, 0.1) is 57.7 Å². The van der Waals surface area contributed by atoms with Crippen LogP contribution in [-0.4, -0.2) is 56.3 Å². The van der Waals surface area contributed by atoms with E-state index in [1.807, 2.05) is 117 Å². The number of ether oxygens (including phenoxy) is 5. The first-order valence-electron chi connectivity index (χ1n) is 18.3. The standard InChI is InChI=1S/C38H40NO8P.2C3H7.Ni/c39-22-13-23-44-48-45-28-34-36(47-38(40)32-20-11-4-12-21-32)37(43-26-31-18-9-3-10-19-31)35(42-25-30-16-7-2-8-17-30)33(46-34)27-41-24-29-14-5-1-6-15-29;2*1-3-2;/h1-12,14-21,33-37,48H,13,23-28H2;2*1,3H2,2H3;/q;2*-1;+2/t33-,34+,35-,36+,37+;;;/m1.../s1. The van der Waals surface area contributed by atoms with Gasteiger partial charge in [-0.3, -0.25) is 0 Å². The van der Waals surface area contributed by atoms with Crippen LogP contribution in [0.3, 0.4) is 0 Å². The van der Waals surface area contributed by atoms with Crippen molar-refractivity contribution in [3.8, 4) is 6.07 Å². The Bertz CT molecular complexity index is 1560. The number of benzene rings is 4. The molecule has 11 heteroatoms. The number of hydrogen-bond donors (Lipinski definition) is 0. The van der Waals surface area contributed by atoms with E-state index in [2.05, 4.69) is 13.8 Å². The zero-order valence-corrected chi connectivity index (χ0v) is 33.7. The van der Waals surface area contributed by atoms with E-state index < -0.39 is 36.5 Å². The first kappa shape index (κ1) is 47.7. The summed E-state index contributed by atoms with van der Waals surface area (Å²) in [7, 11) is -0.330. The summed E-state index contributed by atoms with van der Waals surface area (Å²) in [6.07, 6.45) is -1.42. The molecule has 1 heterocycles. The zero-order valence-electron chi connectivity index (χ0n) is 31.7. The van der Waals surface area contributed by atoms with Crippen LogP contribution in [0.1, 0.15) is 60.2 Å². The first-order valence-corrected chi connectivity index (χ1v) is 19.1. The number of nitrogens with zero attached hydrogens (tertiary/aromatic N) is 1. The van der Waals surface area contributed by atoms with Gasteiger partial charge in [-0.15, -0.1) is 0 Å². The number of carbonyl (C=O) groups is 1. The Balaban J connectivity index is 0.00000140. The average molecular weight is 815 g/mol. The Morgan fingerprint density at radius 1 is 0.673 bits per heavy atom.